The maximum absolute atomic E-state index is 12.5. The summed E-state index contributed by atoms with van der Waals surface area (Å²) in [6, 6.07) is 6.41. The molecule has 9 heteroatoms. The molecule has 0 unspecified atom stereocenters. The van der Waals surface area contributed by atoms with Crippen LogP contribution in [-0.2, 0) is 22.4 Å². The van der Waals surface area contributed by atoms with Gasteiger partial charge in [0.1, 0.15) is 0 Å². The minimum Gasteiger partial charge on any atom is -0.329 e. The minimum absolute atomic E-state index is 0.159. The highest BCUT2D eigenvalue weighted by molar-refractivity contribution is 5.80. The number of nitrogens with zero attached hydrogens (tertiary/aromatic N) is 3. The molecule has 2 aromatic rings. The van der Waals surface area contributed by atoms with Crippen LogP contribution in [0.15, 0.2) is 28.8 Å². The highest BCUT2D eigenvalue weighted by Gasteiger charge is 2.38. The van der Waals surface area contributed by atoms with Gasteiger partial charge in [0.25, 0.3) is 5.91 Å². The standard InChI is InChI=1S/C16H18F3N3O3/c1-15(2,3)14(23)22(24-4)9-10-5-7-11(8-6-10)12-20-13(25-21-12)16(17,18)19/h5-8H,9H2,1-4H3. The van der Waals surface area contributed by atoms with Crippen LogP contribution in [-0.4, -0.2) is 28.2 Å². The summed E-state index contributed by atoms with van der Waals surface area (Å²) in [5, 5.41) is 4.55. The Morgan fingerprint density at radius 1 is 1.20 bits per heavy atom. The van der Waals surface area contributed by atoms with E-state index in [1.54, 1.807) is 45.0 Å². The summed E-state index contributed by atoms with van der Waals surface area (Å²) in [4.78, 5) is 20.7. The first-order valence-corrected chi connectivity index (χ1v) is 7.38. The number of hydroxylamine groups is 2. The van der Waals surface area contributed by atoms with Crippen LogP contribution in [0.5, 0.6) is 0 Å². The fourth-order valence-electron chi connectivity index (χ4n) is 1.97. The maximum Gasteiger partial charge on any atom is 0.471 e. The van der Waals surface area contributed by atoms with Crippen molar-refractivity contribution in [2.45, 2.75) is 33.5 Å². The van der Waals surface area contributed by atoms with Gasteiger partial charge in [0.15, 0.2) is 0 Å². The Morgan fingerprint density at radius 3 is 2.24 bits per heavy atom. The smallest absolute Gasteiger partial charge is 0.329 e. The van der Waals surface area contributed by atoms with E-state index in [1.807, 2.05) is 0 Å². The van der Waals surface area contributed by atoms with Crippen LogP contribution < -0.4 is 0 Å². The SMILES string of the molecule is CON(Cc1ccc(-c2noc(C(F)(F)F)n2)cc1)C(=O)C(C)(C)C. The summed E-state index contributed by atoms with van der Waals surface area (Å²) in [7, 11) is 1.40. The zero-order valence-corrected chi connectivity index (χ0v) is 14.2. The second kappa shape index (κ2) is 6.83. The molecule has 1 amide bonds. The van der Waals surface area contributed by atoms with E-state index >= 15 is 0 Å². The summed E-state index contributed by atoms with van der Waals surface area (Å²) < 4.78 is 41.7. The Morgan fingerprint density at radius 2 is 1.80 bits per heavy atom. The first-order valence-electron chi connectivity index (χ1n) is 7.38. The predicted octanol–water partition coefficient (Wildman–Crippen LogP) is 3.69. The van der Waals surface area contributed by atoms with E-state index in [2.05, 4.69) is 14.7 Å². The zero-order chi connectivity index (χ0) is 18.8. The molecule has 136 valence electrons. The molecule has 0 aliphatic rings. The number of carbonyl (C=O) groups is 1. The van der Waals surface area contributed by atoms with Crippen LogP contribution in [0.3, 0.4) is 0 Å². The van der Waals surface area contributed by atoms with Gasteiger partial charge in [-0.3, -0.25) is 9.63 Å². The number of carbonyl (C=O) groups excluding carboxylic acids is 1. The van der Waals surface area contributed by atoms with Crippen LogP contribution in [0.25, 0.3) is 11.4 Å². The van der Waals surface area contributed by atoms with Crippen LogP contribution in [0.1, 0.15) is 32.2 Å². The average Bonchev–Trinajstić information content (AvgIpc) is 3.02. The molecule has 25 heavy (non-hydrogen) atoms. The van der Waals surface area contributed by atoms with Crippen molar-refractivity contribution >= 4 is 5.91 Å². The Labute approximate surface area is 142 Å². The Kier molecular flexibility index (Phi) is 5.17. The quantitative estimate of drug-likeness (QED) is 0.781. The molecule has 2 rings (SSSR count). The maximum atomic E-state index is 12.5. The molecule has 1 aromatic heterocycles. The largest absolute Gasteiger partial charge is 0.471 e. The lowest BCUT2D eigenvalue weighted by Crippen LogP contribution is -2.38. The Balaban J connectivity index is 2.14. The van der Waals surface area contributed by atoms with Gasteiger partial charge < -0.3 is 4.52 Å². The summed E-state index contributed by atoms with van der Waals surface area (Å²) in [5.74, 6) is -1.74. The van der Waals surface area contributed by atoms with Crippen LogP contribution in [0, 0.1) is 5.41 Å². The van der Waals surface area contributed by atoms with E-state index in [0.29, 0.717) is 5.56 Å². The van der Waals surface area contributed by atoms with Crippen molar-refractivity contribution in [2.24, 2.45) is 5.41 Å². The summed E-state index contributed by atoms with van der Waals surface area (Å²) in [6.45, 7) is 5.53. The summed E-state index contributed by atoms with van der Waals surface area (Å²) >= 11 is 0. The lowest BCUT2D eigenvalue weighted by atomic mass is 9.95. The minimum atomic E-state index is -4.68. The lowest BCUT2D eigenvalue weighted by molar-refractivity contribution is -0.188. The fraction of sp³-hybridized carbons (Fsp3) is 0.438. The van der Waals surface area contributed by atoms with Crippen LogP contribution >= 0.6 is 0 Å². The lowest BCUT2D eigenvalue weighted by Gasteiger charge is -2.27. The third-order valence-corrected chi connectivity index (χ3v) is 3.30. The van der Waals surface area contributed by atoms with Gasteiger partial charge in [-0.25, -0.2) is 5.06 Å². The second-order valence-corrected chi connectivity index (χ2v) is 6.39. The van der Waals surface area contributed by atoms with Crippen molar-refractivity contribution in [3.63, 3.8) is 0 Å². The zero-order valence-electron chi connectivity index (χ0n) is 14.2. The molecule has 0 aliphatic carbocycles. The molecular formula is C16H18F3N3O3. The van der Waals surface area contributed by atoms with Gasteiger partial charge in [-0.1, -0.05) is 50.2 Å². The summed E-state index contributed by atoms with van der Waals surface area (Å²) in [5.41, 5.74) is 0.506. The van der Waals surface area contributed by atoms with Gasteiger partial charge in [-0.15, -0.1) is 0 Å². The van der Waals surface area contributed by atoms with E-state index in [1.165, 1.54) is 12.2 Å². The molecule has 0 N–H and O–H groups in total. The number of benzene rings is 1. The average molecular weight is 357 g/mol. The van der Waals surface area contributed by atoms with Gasteiger partial charge >= 0.3 is 12.1 Å². The second-order valence-electron chi connectivity index (χ2n) is 6.39. The van der Waals surface area contributed by atoms with E-state index in [-0.39, 0.29) is 18.3 Å². The van der Waals surface area contributed by atoms with Crippen LogP contribution in [0.2, 0.25) is 0 Å². The number of amides is 1. The molecule has 0 aliphatic heterocycles. The van der Waals surface area contributed by atoms with Crippen molar-refractivity contribution in [1.29, 1.82) is 0 Å². The number of halogens is 3. The number of alkyl halides is 3. The Hall–Kier alpha value is -2.42. The molecule has 6 nitrogen and oxygen atoms in total. The van der Waals surface area contributed by atoms with Crippen molar-refractivity contribution in [3.8, 4) is 11.4 Å². The first-order chi connectivity index (χ1) is 11.5. The predicted molar refractivity (Wildman–Crippen MR) is 81.8 cm³/mol. The van der Waals surface area contributed by atoms with Gasteiger partial charge in [0, 0.05) is 11.0 Å². The molecule has 0 fully saturated rings. The third kappa shape index (κ3) is 4.56. The third-order valence-electron chi connectivity index (χ3n) is 3.30. The van der Waals surface area contributed by atoms with Crippen LogP contribution in [0.4, 0.5) is 13.2 Å². The molecular weight excluding hydrogens is 339 g/mol. The van der Waals surface area contributed by atoms with Gasteiger partial charge in [-0.2, -0.15) is 18.2 Å². The molecule has 0 saturated heterocycles. The fourth-order valence-corrected chi connectivity index (χ4v) is 1.97. The van der Waals surface area contributed by atoms with Gasteiger partial charge in [-0.05, 0) is 5.56 Å². The summed E-state index contributed by atoms with van der Waals surface area (Å²) in [6.07, 6.45) is -4.68. The molecule has 0 radical (unpaired) electrons. The number of hydrogen-bond donors (Lipinski definition) is 0. The molecule has 0 bridgehead atoms. The topological polar surface area (TPSA) is 68.5 Å². The Bertz CT molecular complexity index is 734. The van der Waals surface area contributed by atoms with Crippen molar-refractivity contribution in [2.75, 3.05) is 7.11 Å². The van der Waals surface area contributed by atoms with Crippen molar-refractivity contribution < 1.29 is 27.3 Å². The van der Waals surface area contributed by atoms with E-state index in [0.717, 1.165) is 5.56 Å². The number of aromatic nitrogens is 2. The van der Waals surface area contributed by atoms with E-state index < -0.39 is 17.5 Å². The number of rotatable bonds is 4. The van der Waals surface area contributed by atoms with E-state index in [9.17, 15) is 18.0 Å². The van der Waals surface area contributed by atoms with Gasteiger partial charge in [0.05, 0.1) is 13.7 Å². The molecule has 1 heterocycles. The molecule has 1 aromatic carbocycles. The number of hydrogen-bond acceptors (Lipinski definition) is 5. The van der Waals surface area contributed by atoms with Crippen molar-refractivity contribution in [3.05, 3.63) is 35.7 Å². The highest BCUT2D eigenvalue weighted by Crippen LogP contribution is 2.29. The highest BCUT2D eigenvalue weighted by atomic mass is 19.4. The van der Waals surface area contributed by atoms with Crippen molar-refractivity contribution in [1.82, 2.24) is 15.2 Å². The first kappa shape index (κ1) is 18.9. The monoisotopic (exact) mass is 357 g/mol. The normalized spacial score (nSPS) is 12.3. The molecule has 0 spiro atoms. The molecule has 0 atom stereocenters. The molecule has 0 saturated carbocycles. The van der Waals surface area contributed by atoms with Gasteiger partial charge in [0.2, 0.25) is 5.82 Å². The van der Waals surface area contributed by atoms with E-state index in [4.69, 9.17) is 4.84 Å².